The van der Waals surface area contributed by atoms with E-state index in [4.69, 9.17) is 4.42 Å². The van der Waals surface area contributed by atoms with Gasteiger partial charge in [-0.15, -0.1) is 0 Å². The molecule has 4 heteroatoms. The molecule has 3 rings (SSSR count). The molecular weight excluding hydrogens is 252 g/mol. The first-order valence-electron chi connectivity index (χ1n) is 6.42. The summed E-state index contributed by atoms with van der Waals surface area (Å²) >= 11 is 0. The summed E-state index contributed by atoms with van der Waals surface area (Å²) in [5.41, 5.74) is 2.44. The molecule has 0 spiro atoms. The zero-order valence-electron chi connectivity index (χ0n) is 11.1. The maximum atomic E-state index is 11.9. The highest BCUT2D eigenvalue weighted by atomic mass is 16.4. The van der Waals surface area contributed by atoms with Crippen LogP contribution in [0.15, 0.2) is 57.7 Å². The van der Waals surface area contributed by atoms with E-state index in [0.717, 1.165) is 11.1 Å². The zero-order valence-corrected chi connectivity index (χ0v) is 11.1. The first-order chi connectivity index (χ1) is 9.72. The van der Waals surface area contributed by atoms with Gasteiger partial charge in [-0.2, -0.15) is 4.98 Å². The van der Waals surface area contributed by atoms with E-state index < -0.39 is 0 Å². The van der Waals surface area contributed by atoms with Gasteiger partial charge in [0.1, 0.15) is 0 Å². The van der Waals surface area contributed by atoms with Crippen molar-refractivity contribution < 1.29 is 4.42 Å². The summed E-state index contributed by atoms with van der Waals surface area (Å²) in [5, 5.41) is 3.54. The van der Waals surface area contributed by atoms with Crippen molar-refractivity contribution in [2.75, 3.05) is 5.32 Å². The molecule has 1 aromatic heterocycles. The lowest BCUT2D eigenvalue weighted by Gasteiger charge is -2.05. The summed E-state index contributed by atoms with van der Waals surface area (Å²) in [6.07, 6.45) is 0. The van der Waals surface area contributed by atoms with E-state index in [1.54, 1.807) is 6.07 Å². The van der Waals surface area contributed by atoms with Crippen molar-refractivity contribution in [2.45, 2.75) is 13.5 Å². The Balaban J connectivity index is 1.90. The Kier molecular flexibility index (Phi) is 3.21. The molecule has 1 heterocycles. The molecule has 0 bridgehead atoms. The minimum atomic E-state index is -0.370. The van der Waals surface area contributed by atoms with Crippen LogP contribution in [-0.2, 0) is 6.54 Å². The topological polar surface area (TPSA) is 55.1 Å². The molecule has 0 aliphatic rings. The second-order valence-electron chi connectivity index (χ2n) is 4.67. The largest absolute Gasteiger partial charge is 0.389 e. The number of fused-ring (bicyclic) bond motifs is 1. The van der Waals surface area contributed by atoms with Crippen LogP contribution < -0.4 is 10.9 Å². The van der Waals surface area contributed by atoms with E-state index in [9.17, 15) is 4.79 Å². The van der Waals surface area contributed by atoms with Gasteiger partial charge >= 0.3 is 5.63 Å². The third-order valence-corrected chi connectivity index (χ3v) is 3.07. The average molecular weight is 266 g/mol. The molecule has 0 saturated heterocycles. The Labute approximate surface area is 116 Å². The fraction of sp³-hybridized carbons (Fsp3) is 0.125. The third-order valence-electron chi connectivity index (χ3n) is 3.07. The molecule has 0 radical (unpaired) electrons. The van der Waals surface area contributed by atoms with Crippen LogP contribution in [0.25, 0.3) is 10.9 Å². The van der Waals surface area contributed by atoms with Crippen molar-refractivity contribution in [2.24, 2.45) is 0 Å². The smallest absolute Gasteiger partial charge is 0.348 e. The molecule has 0 aliphatic carbocycles. The minimum Gasteiger partial charge on any atom is -0.389 e. The molecule has 2 aromatic carbocycles. The minimum absolute atomic E-state index is 0.247. The Morgan fingerprint density at radius 1 is 1.15 bits per heavy atom. The van der Waals surface area contributed by atoms with Gasteiger partial charge in [-0.25, -0.2) is 4.79 Å². The molecule has 20 heavy (non-hydrogen) atoms. The van der Waals surface area contributed by atoms with Crippen molar-refractivity contribution >= 4 is 16.9 Å². The van der Waals surface area contributed by atoms with E-state index >= 15 is 0 Å². The standard InChI is InChI=1S/C16H14N2O2/c1-11-7-8-13-14(9-11)18-16(20-15(13)19)17-10-12-5-3-2-4-6-12/h2-9H,10H2,1H3,(H,17,18). The lowest BCUT2D eigenvalue weighted by atomic mass is 10.2. The summed E-state index contributed by atoms with van der Waals surface area (Å²) in [7, 11) is 0. The summed E-state index contributed by atoms with van der Waals surface area (Å²) in [6, 6.07) is 15.6. The predicted octanol–water partition coefficient (Wildman–Crippen LogP) is 3.11. The fourth-order valence-corrected chi connectivity index (χ4v) is 2.03. The van der Waals surface area contributed by atoms with Crippen LogP contribution in [-0.4, -0.2) is 4.98 Å². The SMILES string of the molecule is Cc1ccc2c(=O)oc(NCc3ccccc3)nc2c1. The van der Waals surface area contributed by atoms with Crippen LogP contribution in [0.4, 0.5) is 6.01 Å². The highest BCUT2D eigenvalue weighted by molar-refractivity contribution is 5.78. The van der Waals surface area contributed by atoms with Gasteiger partial charge in [-0.3, -0.25) is 0 Å². The quantitative estimate of drug-likeness (QED) is 0.791. The number of anilines is 1. The number of aryl methyl sites for hydroxylation is 1. The Morgan fingerprint density at radius 3 is 2.75 bits per heavy atom. The van der Waals surface area contributed by atoms with E-state index in [1.165, 1.54) is 0 Å². The lowest BCUT2D eigenvalue weighted by molar-refractivity contribution is 0.516. The van der Waals surface area contributed by atoms with Crippen molar-refractivity contribution in [3.8, 4) is 0 Å². The van der Waals surface area contributed by atoms with Crippen molar-refractivity contribution in [3.05, 3.63) is 70.1 Å². The second kappa shape index (κ2) is 5.17. The molecule has 0 amide bonds. The number of nitrogens with zero attached hydrogens (tertiary/aromatic N) is 1. The van der Waals surface area contributed by atoms with Gasteiger partial charge in [0, 0.05) is 6.54 Å². The Hall–Kier alpha value is -2.62. The highest BCUT2D eigenvalue weighted by Gasteiger charge is 2.06. The van der Waals surface area contributed by atoms with E-state index in [0.29, 0.717) is 17.4 Å². The Bertz CT molecular complexity index is 794. The van der Waals surface area contributed by atoms with Crippen LogP contribution in [0.5, 0.6) is 0 Å². The van der Waals surface area contributed by atoms with Crippen LogP contribution in [0.3, 0.4) is 0 Å². The third kappa shape index (κ3) is 2.54. The lowest BCUT2D eigenvalue weighted by Crippen LogP contribution is -2.08. The Morgan fingerprint density at radius 2 is 1.95 bits per heavy atom. The molecule has 100 valence electrons. The predicted molar refractivity (Wildman–Crippen MR) is 78.8 cm³/mol. The normalized spacial score (nSPS) is 10.7. The summed E-state index contributed by atoms with van der Waals surface area (Å²) in [5.74, 6) is 0. The maximum absolute atomic E-state index is 11.9. The van der Waals surface area contributed by atoms with E-state index in [2.05, 4.69) is 10.3 Å². The monoisotopic (exact) mass is 266 g/mol. The number of aromatic nitrogens is 1. The van der Waals surface area contributed by atoms with Gasteiger partial charge in [-0.05, 0) is 30.2 Å². The van der Waals surface area contributed by atoms with Crippen LogP contribution in [0, 0.1) is 6.92 Å². The van der Waals surface area contributed by atoms with Crippen molar-refractivity contribution in [3.63, 3.8) is 0 Å². The van der Waals surface area contributed by atoms with Gasteiger partial charge in [0.15, 0.2) is 0 Å². The van der Waals surface area contributed by atoms with Crippen LogP contribution in [0.1, 0.15) is 11.1 Å². The number of nitrogens with one attached hydrogen (secondary N) is 1. The molecule has 0 atom stereocenters. The highest BCUT2D eigenvalue weighted by Crippen LogP contribution is 2.13. The summed E-state index contributed by atoms with van der Waals surface area (Å²) in [4.78, 5) is 16.2. The average Bonchev–Trinajstić information content (AvgIpc) is 2.46. The number of hydrogen-bond donors (Lipinski definition) is 1. The van der Waals surface area contributed by atoms with Gasteiger partial charge in [0.2, 0.25) is 0 Å². The van der Waals surface area contributed by atoms with E-state index in [-0.39, 0.29) is 11.6 Å². The molecule has 0 saturated carbocycles. The van der Waals surface area contributed by atoms with Crippen LogP contribution in [0.2, 0.25) is 0 Å². The number of hydrogen-bond acceptors (Lipinski definition) is 4. The zero-order chi connectivity index (χ0) is 13.9. The summed E-state index contributed by atoms with van der Waals surface area (Å²) < 4.78 is 5.17. The second-order valence-corrected chi connectivity index (χ2v) is 4.67. The first kappa shape index (κ1) is 12.4. The first-order valence-corrected chi connectivity index (χ1v) is 6.42. The van der Waals surface area contributed by atoms with Gasteiger partial charge in [-0.1, -0.05) is 36.4 Å². The molecule has 0 aliphatic heterocycles. The molecular formula is C16H14N2O2. The molecule has 3 aromatic rings. The molecule has 0 fully saturated rings. The van der Waals surface area contributed by atoms with E-state index in [1.807, 2.05) is 49.4 Å². The molecule has 1 N–H and O–H groups in total. The summed E-state index contributed by atoms with van der Waals surface area (Å²) in [6.45, 7) is 2.53. The van der Waals surface area contributed by atoms with Crippen molar-refractivity contribution in [1.82, 2.24) is 4.98 Å². The van der Waals surface area contributed by atoms with Gasteiger partial charge in [0.25, 0.3) is 6.01 Å². The molecule has 4 nitrogen and oxygen atoms in total. The van der Waals surface area contributed by atoms with Crippen LogP contribution >= 0.6 is 0 Å². The van der Waals surface area contributed by atoms with Gasteiger partial charge < -0.3 is 9.73 Å². The van der Waals surface area contributed by atoms with Crippen molar-refractivity contribution in [1.29, 1.82) is 0 Å². The molecule has 0 unspecified atom stereocenters. The fourth-order valence-electron chi connectivity index (χ4n) is 2.03. The maximum Gasteiger partial charge on any atom is 0.348 e. The number of benzene rings is 2. The van der Waals surface area contributed by atoms with Gasteiger partial charge in [0.05, 0.1) is 10.9 Å². The number of rotatable bonds is 3.